The van der Waals surface area contributed by atoms with Crippen LogP contribution in [0.3, 0.4) is 0 Å². The maximum absolute atomic E-state index is 5.54. The van der Waals surface area contributed by atoms with Gasteiger partial charge in [0.15, 0.2) is 5.75 Å². The van der Waals surface area contributed by atoms with E-state index in [2.05, 4.69) is 28.1 Å². The van der Waals surface area contributed by atoms with E-state index in [-0.39, 0.29) is 6.04 Å². The van der Waals surface area contributed by atoms with Crippen molar-refractivity contribution in [1.82, 2.24) is 15.1 Å². The number of aromatic nitrogens is 2. The molecular formula is C16H23N3OS. The SMILES string of the molecule is CCCn1ncc(OC)c1C(NC)c1cc2c(s1)CCC2. The lowest BCUT2D eigenvalue weighted by Crippen LogP contribution is -2.21. The number of nitrogens with one attached hydrogen (secondary N) is 1. The first-order valence-electron chi connectivity index (χ1n) is 7.66. The van der Waals surface area contributed by atoms with E-state index in [1.807, 2.05) is 24.6 Å². The zero-order chi connectivity index (χ0) is 14.8. The Kier molecular flexibility index (Phi) is 4.31. The Hall–Kier alpha value is -1.33. The van der Waals surface area contributed by atoms with Crippen LogP contribution in [0.25, 0.3) is 0 Å². The Morgan fingerprint density at radius 2 is 2.33 bits per heavy atom. The summed E-state index contributed by atoms with van der Waals surface area (Å²) in [5.41, 5.74) is 2.68. The second-order valence-electron chi connectivity index (χ2n) is 5.49. The number of methoxy groups -OCH3 is 1. The van der Waals surface area contributed by atoms with Gasteiger partial charge in [0.05, 0.1) is 19.3 Å². The Morgan fingerprint density at radius 1 is 1.48 bits per heavy atom. The molecule has 2 heterocycles. The average molecular weight is 305 g/mol. The maximum atomic E-state index is 5.54. The predicted molar refractivity (Wildman–Crippen MR) is 86.3 cm³/mol. The first-order chi connectivity index (χ1) is 10.3. The molecule has 5 heteroatoms. The van der Waals surface area contributed by atoms with Crippen LogP contribution in [0.1, 0.15) is 46.8 Å². The lowest BCUT2D eigenvalue weighted by atomic mass is 10.1. The minimum Gasteiger partial charge on any atom is -0.493 e. The van der Waals surface area contributed by atoms with Gasteiger partial charge in [0.2, 0.25) is 0 Å². The van der Waals surface area contributed by atoms with Crippen molar-refractivity contribution < 1.29 is 4.74 Å². The highest BCUT2D eigenvalue weighted by Crippen LogP contribution is 2.38. The van der Waals surface area contributed by atoms with Gasteiger partial charge in [-0.05, 0) is 44.4 Å². The van der Waals surface area contributed by atoms with Gasteiger partial charge in [0, 0.05) is 16.3 Å². The van der Waals surface area contributed by atoms with Crippen molar-refractivity contribution in [3.05, 3.63) is 33.3 Å². The number of ether oxygens (including phenoxy) is 1. The molecule has 0 spiro atoms. The Labute approximate surface area is 130 Å². The highest BCUT2D eigenvalue weighted by Gasteiger charge is 2.26. The van der Waals surface area contributed by atoms with Gasteiger partial charge >= 0.3 is 0 Å². The van der Waals surface area contributed by atoms with Gasteiger partial charge in [-0.25, -0.2) is 0 Å². The van der Waals surface area contributed by atoms with Crippen molar-refractivity contribution in [2.24, 2.45) is 0 Å². The zero-order valence-corrected chi connectivity index (χ0v) is 13.8. The molecule has 0 aliphatic heterocycles. The lowest BCUT2D eigenvalue weighted by Gasteiger charge is -2.18. The lowest BCUT2D eigenvalue weighted by molar-refractivity contribution is 0.400. The molecule has 4 nitrogen and oxygen atoms in total. The van der Waals surface area contributed by atoms with Crippen molar-refractivity contribution in [2.45, 2.75) is 45.2 Å². The third kappa shape index (κ3) is 2.60. The van der Waals surface area contributed by atoms with Gasteiger partial charge in [-0.1, -0.05) is 6.92 Å². The van der Waals surface area contributed by atoms with E-state index in [1.54, 1.807) is 12.0 Å². The molecule has 0 saturated carbocycles. The molecule has 1 unspecified atom stereocenters. The van der Waals surface area contributed by atoms with E-state index in [0.29, 0.717) is 0 Å². The first-order valence-corrected chi connectivity index (χ1v) is 8.48. The maximum Gasteiger partial charge on any atom is 0.161 e. The van der Waals surface area contributed by atoms with Crippen molar-refractivity contribution in [3.63, 3.8) is 0 Å². The monoisotopic (exact) mass is 305 g/mol. The molecule has 2 aromatic heterocycles. The van der Waals surface area contributed by atoms with Crippen LogP contribution in [0.15, 0.2) is 12.3 Å². The molecule has 0 bridgehead atoms. The molecule has 114 valence electrons. The fourth-order valence-corrected chi connectivity index (χ4v) is 4.50. The van der Waals surface area contributed by atoms with Crippen LogP contribution in [0.5, 0.6) is 5.75 Å². The van der Waals surface area contributed by atoms with E-state index < -0.39 is 0 Å². The first kappa shape index (κ1) is 14.6. The molecule has 1 atom stereocenters. The van der Waals surface area contributed by atoms with Gasteiger partial charge < -0.3 is 10.1 Å². The summed E-state index contributed by atoms with van der Waals surface area (Å²) in [7, 11) is 3.73. The minimum atomic E-state index is 0.157. The molecule has 3 rings (SSSR count). The Morgan fingerprint density at radius 3 is 3.00 bits per heavy atom. The number of hydrogen-bond donors (Lipinski definition) is 1. The van der Waals surface area contributed by atoms with E-state index in [1.165, 1.54) is 29.7 Å². The predicted octanol–water partition coefficient (Wildman–Crippen LogP) is 3.16. The summed E-state index contributed by atoms with van der Waals surface area (Å²) in [5.74, 6) is 0.872. The third-order valence-electron chi connectivity index (χ3n) is 4.11. The average Bonchev–Trinajstić information content (AvgIpc) is 3.15. The Bertz CT molecular complexity index is 596. The molecule has 0 saturated heterocycles. The van der Waals surface area contributed by atoms with E-state index in [0.717, 1.165) is 24.4 Å². The molecule has 1 N–H and O–H groups in total. The van der Waals surface area contributed by atoms with Gasteiger partial charge in [-0.15, -0.1) is 11.3 Å². The standard InChI is InChI=1S/C16H23N3OS/c1-4-8-19-16(12(20-3)10-18-19)15(17-2)14-9-11-6-5-7-13(11)21-14/h9-10,15,17H,4-8H2,1-3H3. The fourth-order valence-electron chi connectivity index (χ4n) is 3.12. The van der Waals surface area contributed by atoms with Gasteiger partial charge in [0.1, 0.15) is 5.69 Å². The van der Waals surface area contributed by atoms with Crippen LogP contribution in [-0.4, -0.2) is 23.9 Å². The van der Waals surface area contributed by atoms with Crippen LogP contribution in [-0.2, 0) is 19.4 Å². The van der Waals surface area contributed by atoms with E-state index in [4.69, 9.17) is 4.74 Å². The second kappa shape index (κ2) is 6.20. The van der Waals surface area contributed by atoms with Crippen LogP contribution < -0.4 is 10.1 Å². The number of rotatable bonds is 6. The smallest absolute Gasteiger partial charge is 0.161 e. The summed E-state index contributed by atoms with van der Waals surface area (Å²) < 4.78 is 7.61. The minimum absolute atomic E-state index is 0.157. The molecular weight excluding hydrogens is 282 g/mol. The summed E-state index contributed by atoms with van der Waals surface area (Å²) >= 11 is 1.94. The van der Waals surface area contributed by atoms with E-state index >= 15 is 0 Å². The number of thiophene rings is 1. The highest BCUT2D eigenvalue weighted by molar-refractivity contribution is 7.12. The highest BCUT2D eigenvalue weighted by atomic mass is 32.1. The summed E-state index contributed by atoms with van der Waals surface area (Å²) in [5, 5.41) is 7.94. The number of aryl methyl sites for hydroxylation is 3. The number of hydrogen-bond acceptors (Lipinski definition) is 4. The van der Waals surface area contributed by atoms with Crippen molar-refractivity contribution in [2.75, 3.05) is 14.2 Å². The van der Waals surface area contributed by atoms with Gasteiger partial charge in [0.25, 0.3) is 0 Å². The van der Waals surface area contributed by atoms with E-state index in [9.17, 15) is 0 Å². The number of fused-ring (bicyclic) bond motifs is 1. The van der Waals surface area contributed by atoms with Crippen molar-refractivity contribution in [1.29, 1.82) is 0 Å². The summed E-state index contributed by atoms with van der Waals surface area (Å²) in [6, 6.07) is 2.53. The molecule has 21 heavy (non-hydrogen) atoms. The molecule has 0 amide bonds. The topological polar surface area (TPSA) is 39.1 Å². The van der Waals surface area contributed by atoms with Gasteiger partial charge in [-0.2, -0.15) is 5.10 Å². The normalized spacial score (nSPS) is 15.2. The van der Waals surface area contributed by atoms with Crippen LogP contribution in [0.2, 0.25) is 0 Å². The largest absolute Gasteiger partial charge is 0.493 e. The second-order valence-corrected chi connectivity index (χ2v) is 6.66. The summed E-state index contributed by atoms with van der Waals surface area (Å²) in [6.07, 6.45) is 6.67. The molecule has 0 aromatic carbocycles. The quantitative estimate of drug-likeness (QED) is 0.891. The van der Waals surface area contributed by atoms with Crippen molar-refractivity contribution in [3.8, 4) is 5.75 Å². The summed E-state index contributed by atoms with van der Waals surface area (Å²) in [6.45, 7) is 3.09. The van der Waals surface area contributed by atoms with Crippen LogP contribution in [0.4, 0.5) is 0 Å². The third-order valence-corrected chi connectivity index (χ3v) is 5.41. The zero-order valence-electron chi connectivity index (χ0n) is 13.0. The molecule has 2 aromatic rings. The molecule has 1 aliphatic carbocycles. The number of nitrogens with zero attached hydrogens (tertiary/aromatic N) is 2. The molecule has 0 fully saturated rings. The molecule has 1 aliphatic rings. The Balaban J connectivity index is 2.00. The molecule has 0 radical (unpaired) electrons. The van der Waals surface area contributed by atoms with Gasteiger partial charge in [-0.3, -0.25) is 4.68 Å². The van der Waals surface area contributed by atoms with Crippen molar-refractivity contribution >= 4 is 11.3 Å². The van der Waals surface area contributed by atoms with Crippen LogP contribution in [0, 0.1) is 0 Å². The fraction of sp³-hybridized carbons (Fsp3) is 0.562. The van der Waals surface area contributed by atoms with Crippen LogP contribution >= 0.6 is 11.3 Å². The summed E-state index contributed by atoms with van der Waals surface area (Å²) in [4.78, 5) is 2.93.